The summed E-state index contributed by atoms with van der Waals surface area (Å²) in [6.07, 6.45) is 5.42. The zero-order valence-corrected chi connectivity index (χ0v) is 15.9. The quantitative estimate of drug-likeness (QED) is 0.450. The molecule has 6 heteroatoms. The van der Waals surface area contributed by atoms with E-state index in [0.717, 1.165) is 10.5 Å². The molecule has 0 aromatic heterocycles. The monoisotopic (exact) mass is 382 g/mol. The van der Waals surface area contributed by atoms with E-state index in [2.05, 4.69) is 0 Å². The maximum atomic E-state index is 12.8. The third kappa shape index (κ3) is 3.73. The fourth-order valence-corrected chi connectivity index (χ4v) is 3.28. The number of halogens is 1. The van der Waals surface area contributed by atoms with Crippen LogP contribution in [0.3, 0.4) is 0 Å². The average Bonchev–Trinajstić information content (AvgIpc) is 3.12. The van der Waals surface area contributed by atoms with Crippen LogP contribution in [0.4, 0.5) is 0 Å². The van der Waals surface area contributed by atoms with E-state index in [1.165, 1.54) is 0 Å². The smallest absolute Gasteiger partial charge is 0.271 e. The summed E-state index contributed by atoms with van der Waals surface area (Å²) in [7, 11) is 0. The number of carbonyl (C=O) groups is 2. The van der Waals surface area contributed by atoms with Crippen molar-refractivity contribution in [3.05, 3.63) is 69.8 Å². The molecule has 2 aliphatic rings. The van der Waals surface area contributed by atoms with Gasteiger partial charge in [-0.15, -0.1) is 0 Å². The first kappa shape index (κ1) is 19.1. The molecule has 0 spiro atoms. The first-order valence-electron chi connectivity index (χ1n) is 8.74. The third-order valence-electron chi connectivity index (χ3n) is 4.58. The molecule has 2 aliphatic heterocycles. The normalized spacial score (nSPS) is 24.1. The van der Waals surface area contributed by atoms with E-state index in [9.17, 15) is 14.9 Å². The van der Waals surface area contributed by atoms with Crippen molar-refractivity contribution in [1.82, 2.24) is 4.90 Å². The van der Waals surface area contributed by atoms with E-state index >= 15 is 0 Å². The van der Waals surface area contributed by atoms with Crippen molar-refractivity contribution in [3.8, 4) is 6.07 Å². The standard InChI is InChI=1S/C21H19ClN2O3/c1-3-10-24-20(25)17(13(2)18(12-23)21(24)26)11-16-8-9-19(27-16)14-4-6-15(22)7-5-14/h4-9,11,16,19H,3,10H2,1-2H3/b17-11-. The molecular formula is C21H19ClN2O3. The van der Waals surface area contributed by atoms with Crippen LogP contribution in [0.5, 0.6) is 0 Å². The summed E-state index contributed by atoms with van der Waals surface area (Å²) in [4.78, 5) is 26.3. The van der Waals surface area contributed by atoms with Crippen LogP contribution in [0.25, 0.3) is 0 Å². The Bertz CT molecular complexity index is 906. The second-order valence-corrected chi connectivity index (χ2v) is 6.85. The highest BCUT2D eigenvalue weighted by molar-refractivity contribution is 6.30. The fraction of sp³-hybridized carbons (Fsp3) is 0.286. The highest BCUT2D eigenvalue weighted by Crippen LogP contribution is 2.31. The molecule has 2 heterocycles. The number of ether oxygens (including phenoxy) is 1. The fourth-order valence-electron chi connectivity index (χ4n) is 3.15. The second-order valence-electron chi connectivity index (χ2n) is 6.41. The molecule has 0 bridgehead atoms. The molecule has 0 saturated carbocycles. The zero-order chi connectivity index (χ0) is 19.6. The van der Waals surface area contributed by atoms with Crippen molar-refractivity contribution in [3.63, 3.8) is 0 Å². The van der Waals surface area contributed by atoms with Crippen LogP contribution in [0, 0.1) is 11.3 Å². The van der Waals surface area contributed by atoms with Gasteiger partial charge in [0.25, 0.3) is 11.8 Å². The van der Waals surface area contributed by atoms with Gasteiger partial charge in [0.05, 0.1) is 6.10 Å². The molecule has 0 saturated heterocycles. The Kier molecular flexibility index (Phi) is 5.59. The summed E-state index contributed by atoms with van der Waals surface area (Å²) in [5.41, 5.74) is 1.70. The Morgan fingerprint density at radius 1 is 1.22 bits per heavy atom. The van der Waals surface area contributed by atoms with Gasteiger partial charge in [-0.25, -0.2) is 0 Å². The summed E-state index contributed by atoms with van der Waals surface area (Å²) >= 11 is 5.92. The molecule has 5 nitrogen and oxygen atoms in total. The molecule has 0 aliphatic carbocycles. The lowest BCUT2D eigenvalue weighted by molar-refractivity contribution is -0.140. The van der Waals surface area contributed by atoms with Crippen LogP contribution in [-0.2, 0) is 14.3 Å². The summed E-state index contributed by atoms with van der Waals surface area (Å²) in [5.74, 6) is -0.911. The average molecular weight is 383 g/mol. The number of amides is 2. The van der Waals surface area contributed by atoms with Gasteiger partial charge in [-0.05, 0) is 42.7 Å². The van der Waals surface area contributed by atoms with Gasteiger partial charge >= 0.3 is 0 Å². The predicted molar refractivity (Wildman–Crippen MR) is 102 cm³/mol. The molecule has 27 heavy (non-hydrogen) atoms. The molecule has 3 rings (SSSR count). The van der Waals surface area contributed by atoms with E-state index in [0.29, 0.717) is 22.6 Å². The third-order valence-corrected chi connectivity index (χ3v) is 4.83. The lowest BCUT2D eigenvalue weighted by Crippen LogP contribution is -2.43. The summed E-state index contributed by atoms with van der Waals surface area (Å²) in [5, 5.41) is 10.00. The van der Waals surface area contributed by atoms with Crippen LogP contribution >= 0.6 is 11.6 Å². The Balaban J connectivity index is 1.87. The van der Waals surface area contributed by atoms with Crippen molar-refractivity contribution >= 4 is 23.4 Å². The van der Waals surface area contributed by atoms with Crippen LogP contribution in [0.2, 0.25) is 5.02 Å². The van der Waals surface area contributed by atoms with Gasteiger partial charge in [-0.1, -0.05) is 42.8 Å². The minimum Gasteiger partial charge on any atom is -0.358 e. The van der Waals surface area contributed by atoms with Gasteiger partial charge in [-0.2, -0.15) is 5.26 Å². The van der Waals surface area contributed by atoms with Crippen molar-refractivity contribution < 1.29 is 14.3 Å². The molecule has 0 N–H and O–H groups in total. The highest BCUT2D eigenvalue weighted by atomic mass is 35.5. The van der Waals surface area contributed by atoms with Crippen LogP contribution in [0.1, 0.15) is 31.9 Å². The molecule has 1 aromatic carbocycles. The van der Waals surface area contributed by atoms with Gasteiger partial charge in [0, 0.05) is 17.1 Å². The van der Waals surface area contributed by atoms with E-state index in [1.54, 1.807) is 25.1 Å². The summed E-state index contributed by atoms with van der Waals surface area (Å²) in [6, 6.07) is 9.30. The second kappa shape index (κ2) is 7.91. The molecule has 2 atom stereocenters. The zero-order valence-electron chi connectivity index (χ0n) is 15.1. The number of imide groups is 1. The molecule has 1 aromatic rings. The topological polar surface area (TPSA) is 70.4 Å². The minimum atomic E-state index is -0.527. The number of carbonyl (C=O) groups excluding carboxylic acids is 2. The molecule has 138 valence electrons. The largest absolute Gasteiger partial charge is 0.358 e. The van der Waals surface area contributed by atoms with Gasteiger partial charge < -0.3 is 4.74 Å². The van der Waals surface area contributed by atoms with Crippen LogP contribution in [0.15, 0.2) is 59.2 Å². The SMILES string of the molecule is CCCN1C(=O)C(C#N)=C(C)/C(=C/C2C=CC(c3ccc(Cl)cc3)O2)C1=O. The van der Waals surface area contributed by atoms with Gasteiger partial charge in [0.2, 0.25) is 0 Å². The number of benzene rings is 1. The van der Waals surface area contributed by atoms with E-state index in [4.69, 9.17) is 16.3 Å². The van der Waals surface area contributed by atoms with Gasteiger partial charge in [-0.3, -0.25) is 14.5 Å². The summed E-state index contributed by atoms with van der Waals surface area (Å²) < 4.78 is 5.99. The number of nitriles is 1. The molecule has 0 fully saturated rings. The van der Waals surface area contributed by atoms with E-state index in [1.807, 2.05) is 37.3 Å². The lowest BCUT2D eigenvalue weighted by atomic mass is 9.94. The Hall–Kier alpha value is -2.68. The number of hydrogen-bond acceptors (Lipinski definition) is 4. The van der Waals surface area contributed by atoms with Crippen LogP contribution < -0.4 is 0 Å². The maximum Gasteiger partial charge on any atom is 0.271 e. The predicted octanol–water partition coefficient (Wildman–Crippen LogP) is 3.88. The van der Waals surface area contributed by atoms with E-state index in [-0.39, 0.29) is 24.1 Å². The van der Waals surface area contributed by atoms with Gasteiger partial charge in [0.1, 0.15) is 17.7 Å². The Labute approximate surface area is 163 Å². The van der Waals surface area contributed by atoms with Crippen molar-refractivity contribution in [2.24, 2.45) is 0 Å². The van der Waals surface area contributed by atoms with E-state index < -0.39 is 12.0 Å². The van der Waals surface area contributed by atoms with Crippen LogP contribution in [-0.4, -0.2) is 29.4 Å². The Morgan fingerprint density at radius 2 is 1.93 bits per heavy atom. The number of hydrogen-bond donors (Lipinski definition) is 0. The molecular weight excluding hydrogens is 364 g/mol. The molecule has 2 amide bonds. The van der Waals surface area contributed by atoms with Gasteiger partial charge in [0.15, 0.2) is 0 Å². The van der Waals surface area contributed by atoms with Crippen molar-refractivity contribution in [2.75, 3.05) is 6.54 Å². The first-order valence-corrected chi connectivity index (χ1v) is 9.12. The first-order chi connectivity index (χ1) is 13.0. The maximum absolute atomic E-state index is 12.8. The molecule has 2 unspecified atom stereocenters. The summed E-state index contributed by atoms with van der Waals surface area (Å²) in [6.45, 7) is 3.78. The van der Waals surface area contributed by atoms with Crippen molar-refractivity contribution in [1.29, 1.82) is 5.26 Å². The lowest BCUT2D eigenvalue weighted by Gasteiger charge is -2.27. The molecule has 0 radical (unpaired) electrons. The van der Waals surface area contributed by atoms with Crippen molar-refractivity contribution in [2.45, 2.75) is 32.5 Å². The number of nitrogens with zero attached hydrogens (tertiary/aromatic N) is 2. The number of rotatable bonds is 4. The Morgan fingerprint density at radius 3 is 2.56 bits per heavy atom. The minimum absolute atomic E-state index is 0.00512. The highest BCUT2D eigenvalue weighted by Gasteiger charge is 2.35.